The predicted molar refractivity (Wildman–Crippen MR) is 74.2 cm³/mol. The minimum Gasteiger partial charge on any atom is -0.316 e. The zero-order chi connectivity index (χ0) is 14.6. The summed E-state index contributed by atoms with van der Waals surface area (Å²) < 4.78 is 40.3. The standard InChI is InChI=1S/C13H14FN3O2S/c1-15-9-10-5-6-11(14)8-12(10)20(18,19)17-13-4-2-3-7-16-13/h2-8,15H,9H2,1H3,(H,16,17). The van der Waals surface area contributed by atoms with Gasteiger partial charge in [0.15, 0.2) is 0 Å². The first-order valence-corrected chi connectivity index (χ1v) is 7.38. The summed E-state index contributed by atoms with van der Waals surface area (Å²) >= 11 is 0. The topological polar surface area (TPSA) is 71.1 Å². The van der Waals surface area contributed by atoms with Gasteiger partial charge in [0.25, 0.3) is 10.0 Å². The number of anilines is 1. The fourth-order valence-electron chi connectivity index (χ4n) is 1.73. The quantitative estimate of drug-likeness (QED) is 0.881. The molecule has 7 heteroatoms. The summed E-state index contributed by atoms with van der Waals surface area (Å²) in [6.45, 7) is 0.318. The maximum absolute atomic E-state index is 13.3. The molecule has 0 fully saturated rings. The molecule has 0 aliphatic heterocycles. The van der Waals surface area contributed by atoms with Crippen molar-refractivity contribution >= 4 is 15.8 Å². The molecule has 5 nitrogen and oxygen atoms in total. The number of hydrogen-bond acceptors (Lipinski definition) is 4. The van der Waals surface area contributed by atoms with Crippen LogP contribution in [0.15, 0.2) is 47.5 Å². The number of aromatic nitrogens is 1. The van der Waals surface area contributed by atoms with Gasteiger partial charge in [0.1, 0.15) is 11.6 Å². The first-order valence-electron chi connectivity index (χ1n) is 5.90. The highest BCUT2D eigenvalue weighted by Gasteiger charge is 2.19. The van der Waals surface area contributed by atoms with Crippen molar-refractivity contribution in [1.29, 1.82) is 0 Å². The van der Waals surface area contributed by atoms with Crippen LogP contribution >= 0.6 is 0 Å². The summed E-state index contributed by atoms with van der Waals surface area (Å²) in [7, 11) is -2.19. The monoisotopic (exact) mass is 295 g/mol. The van der Waals surface area contributed by atoms with Crippen LogP contribution in [0, 0.1) is 5.82 Å². The number of hydrogen-bond donors (Lipinski definition) is 2. The average Bonchev–Trinajstić information content (AvgIpc) is 2.41. The van der Waals surface area contributed by atoms with Crippen LogP contribution in [-0.2, 0) is 16.6 Å². The minimum atomic E-state index is -3.88. The molecule has 2 aromatic rings. The smallest absolute Gasteiger partial charge is 0.263 e. The molecular formula is C13H14FN3O2S. The van der Waals surface area contributed by atoms with Gasteiger partial charge in [0.2, 0.25) is 0 Å². The number of nitrogens with one attached hydrogen (secondary N) is 2. The van der Waals surface area contributed by atoms with Crippen LogP contribution in [0.5, 0.6) is 0 Å². The van der Waals surface area contributed by atoms with Gasteiger partial charge in [-0.3, -0.25) is 4.72 Å². The van der Waals surface area contributed by atoms with Gasteiger partial charge in [-0.1, -0.05) is 12.1 Å². The predicted octanol–water partition coefficient (Wildman–Crippen LogP) is 1.74. The van der Waals surface area contributed by atoms with Crippen molar-refractivity contribution in [3.63, 3.8) is 0 Å². The van der Waals surface area contributed by atoms with Gasteiger partial charge in [0.05, 0.1) is 4.90 Å². The van der Waals surface area contributed by atoms with Crippen molar-refractivity contribution in [2.45, 2.75) is 11.4 Å². The van der Waals surface area contributed by atoms with E-state index in [-0.39, 0.29) is 10.7 Å². The van der Waals surface area contributed by atoms with Crippen molar-refractivity contribution in [3.8, 4) is 0 Å². The Morgan fingerprint density at radius 2 is 2.05 bits per heavy atom. The molecule has 0 amide bonds. The zero-order valence-corrected chi connectivity index (χ0v) is 11.6. The average molecular weight is 295 g/mol. The van der Waals surface area contributed by atoms with E-state index in [4.69, 9.17) is 0 Å². The van der Waals surface area contributed by atoms with Gasteiger partial charge in [-0.15, -0.1) is 0 Å². The van der Waals surface area contributed by atoms with Gasteiger partial charge in [-0.05, 0) is 36.9 Å². The van der Waals surface area contributed by atoms with Crippen molar-refractivity contribution in [2.75, 3.05) is 11.8 Å². The molecule has 0 spiro atoms. The largest absolute Gasteiger partial charge is 0.316 e. The van der Waals surface area contributed by atoms with E-state index in [1.165, 1.54) is 24.4 Å². The summed E-state index contributed by atoms with van der Waals surface area (Å²) in [6.07, 6.45) is 1.47. The Balaban J connectivity index is 2.41. The second-order valence-corrected chi connectivity index (χ2v) is 5.75. The molecule has 0 bridgehead atoms. The fraction of sp³-hybridized carbons (Fsp3) is 0.154. The third-order valence-electron chi connectivity index (χ3n) is 2.59. The number of benzene rings is 1. The van der Waals surface area contributed by atoms with Crippen LogP contribution in [0.2, 0.25) is 0 Å². The van der Waals surface area contributed by atoms with Crippen molar-refractivity contribution < 1.29 is 12.8 Å². The third-order valence-corrected chi connectivity index (χ3v) is 4.03. The van der Waals surface area contributed by atoms with E-state index in [1.54, 1.807) is 19.2 Å². The van der Waals surface area contributed by atoms with Crippen LogP contribution in [0.3, 0.4) is 0 Å². The van der Waals surface area contributed by atoms with E-state index in [0.29, 0.717) is 12.1 Å². The summed E-state index contributed by atoms with van der Waals surface area (Å²) in [6, 6.07) is 8.52. The Kier molecular flexibility index (Phi) is 4.31. The molecule has 0 unspecified atom stereocenters. The number of rotatable bonds is 5. The van der Waals surface area contributed by atoms with Crippen LogP contribution < -0.4 is 10.0 Å². The van der Waals surface area contributed by atoms with Gasteiger partial charge in [-0.2, -0.15) is 0 Å². The summed E-state index contributed by atoms with van der Waals surface area (Å²) in [5.74, 6) is -0.418. The highest BCUT2D eigenvalue weighted by Crippen LogP contribution is 2.20. The van der Waals surface area contributed by atoms with Gasteiger partial charge < -0.3 is 5.32 Å². The molecule has 20 heavy (non-hydrogen) atoms. The number of pyridine rings is 1. The molecule has 0 saturated heterocycles. The second kappa shape index (κ2) is 5.98. The zero-order valence-electron chi connectivity index (χ0n) is 10.8. The van der Waals surface area contributed by atoms with Crippen molar-refractivity contribution in [2.24, 2.45) is 0 Å². The molecule has 0 aliphatic rings. The number of halogens is 1. The van der Waals surface area contributed by atoms with E-state index in [0.717, 1.165) is 6.07 Å². The summed E-state index contributed by atoms with van der Waals surface area (Å²) in [5, 5.41) is 2.85. The van der Waals surface area contributed by atoms with E-state index in [2.05, 4.69) is 15.0 Å². The fourth-order valence-corrected chi connectivity index (χ4v) is 2.99. The van der Waals surface area contributed by atoms with E-state index < -0.39 is 15.8 Å². The molecule has 0 saturated carbocycles. The Morgan fingerprint density at radius 3 is 2.70 bits per heavy atom. The van der Waals surface area contributed by atoms with Gasteiger partial charge in [-0.25, -0.2) is 17.8 Å². The lowest BCUT2D eigenvalue weighted by atomic mass is 10.2. The Bertz CT molecular complexity index is 690. The highest BCUT2D eigenvalue weighted by atomic mass is 32.2. The molecule has 1 aromatic carbocycles. The molecule has 2 rings (SSSR count). The van der Waals surface area contributed by atoms with Gasteiger partial charge >= 0.3 is 0 Å². The van der Waals surface area contributed by atoms with Crippen LogP contribution in [0.25, 0.3) is 0 Å². The van der Waals surface area contributed by atoms with Crippen molar-refractivity contribution in [1.82, 2.24) is 10.3 Å². The van der Waals surface area contributed by atoms with E-state index in [1.807, 2.05) is 0 Å². The summed E-state index contributed by atoms with van der Waals surface area (Å²) in [5.41, 5.74) is 0.484. The lowest BCUT2D eigenvalue weighted by Gasteiger charge is -2.11. The molecule has 0 aliphatic carbocycles. The Morgan fingerprint density at radius 1 is 1.25 bits per heavy atom. The van der Waals surface area contributed by atoms with Gasteiger partial charge in [0, 0.05) is 12.7 Å². The molecular weight excluding hydrogens is 281 g/mol. The second-order valence-electron chi connectivity index (χ2n) is 4.10. The highest BCUT2D eigenvalue weighted by molar-refractivity contribution is 7.92. The minimum absolute atomic E-state index is 0.0995. The van der Waals surface area contributed by atoms with Crippen LogP contribution in [-0.4, -0.2) is 20.4 Å². The molecule has 0 radical (unpaired) electrons. The number of sulfonamides is 1. The van der Waals surface area contributed by atoms with Crippen molar-refractivity contribution in [3.05, 3.63) is 54.0 Å². The lowest BCUT2D eigenvalue weighted by molar-refractivity contribution is 0.592. The Labute approximate surface area is 116 Å². The molecule has 0 atom stereocenters. The third kappa shape index (κ3) is 3.31. The molecule has 1 heterocycles. The van der Waals surface area contributed by atoms with E-state index >= 15 is 0 Å². The maximum atomic E-state index is 13.3. The SMILES string of the molecule is CNCc1ccc(F)cc1S(=O)(=O)Nc1ccccn1. The van der Waals surface area contributed by atoms with E-state index in [9.17, 15) is 12.8 Å². The normalized spacial score (nSPS) is 11.3. The maximum Gasteiger partial charge on any atom is 0.263 e. The first kappa shape index (κ1) is 14.4. The molecule has 106 valence electrons. The number of nitrogens with zero attached hydrogens (tertiary/aromatic N) is 1. The summed E-state index contributed by atoms with van der Waals surface area (Å²) in [4.78, 5) is 3.79. The lowest BCUT2D eigenvalue weighted by Crippen LogP contribution is -2.18. The van der Waals surface area contributed by atoms with Crippen LogP contribution in [0.4, 0.5) is 10.2 Å². The first-order chi connectivity index (χ1) is 9.53. The molecule has 1 aromatic heterocycles. The Hall–Kier alpha value is -1.99. The van der Waals surface area contributed by atoms with Crippen LogP contribution in [0.1, 0.15) is 5.56 Å². The molecule has 2 N–H and O–H groups in total.